The van der Waals surface area contributed by atoms with Crippen LogP contribution in [0, 0.1) is 0 Å². The van der Waals surface area contributed by atoms with E-state index in [0.29, 0.717) is 11.4 Å². The van der Waals surface area contributed by atoms with Crippen LogP contribution < -0.4 is 5.06 Å². The minimum Gasteiger partial charge on any atom is -0.284 e. The maximum Gasteiger partial charge on any atom is 0.116 e. The minimum atomic E-state index is 0.622. The Kier molecular flexibility index (Phi) is 2.38. The molecule has 14 heavy (non-hydrogen) atoms. The fourth-order valence-electron chi connectivity index (χ4n) is 1.09. The first-order valence-corrected chi connectivity index (χ1v) is 4.17. The van der Waals surface area contributed by atoms with Gasteiger partial charge in [-0.2, -0.15) is 0 Å². The molecular formula is C10H9N3O. The topological polar surface area (TPSA) is 48.2 Å². The van der Waals surface area contributed by atoms with Gasteiger partial charge in [0.2, 0.25) is 0 Å². The summed E-state index contributed by atoms with van der Waals surface area (Å²) in [6, 6.07) is 9.19. The minimum absolute atomic E-state index is 0.622. The third-order valence-corrected chi connectivity index (χ3v) is 1.76. The van der Waals surface area contributed by atoms with E-state index >= 15 is 0 Å². The van der Waals surface area contributed by atoms with E-state index in [1.807, 2.05) is 18.2 Å². The van der Waals surface area contributed by atoms with Crippen LogP contribution in [0.25, 0.3) is 0 Å². The van der Waals surface area contributed by atoms with Crippen LogP contribution in [0.1, 0.15) is 0 Å². The van der Waals surface area contributed by atoms with Crippen molar-refractivity contribution in [2.45, 2.75) is 0 Å². The summed E-state index contributed by atoms with van der Waals surface area (Å²) in [6.07, 6.45) is 4.51. The Bertz CT molecular complexity index is 381. The molecule has 70 valence electrons. The Labute approximate surface area is 81.5 Å². The van der Waals surface area contributed by atoms with Crippen molar-refractivity contribution in [2.75, 3.05) is 5.06 Å². The zero-order valence-electron chi connectivity index (χ0n) is 7.41. The van der Waals surface area contributed by atoms with Crippen LogP contribution in [0.4, 0.5) is 5.69 Å². The van der Waals surface area contributed by atoms with Crippen molar-refractivity contribution in [2.24, 2.45) is 9.98 Å². The summed E-state index contributed by atoms with van der Waals surface area (Å²) in [5, 5.41) is 10.6. The average Bonchev–Trinajstić information content (AvgIpc) is 2.72. The molecule has 0 spiro atoms. The molecule has 0 bridgehead atoms. The van der Waals surface area contributed by atoms with Gasteiger partial charge < -0.3 is 0 Å². The Morgan fingerprint density at radius 3 is 2.64 bits per heavy atom. The lowest BCUT2D eigenvalue weighted by atomic mass is 10.3. The van der Waals surface area contributed by atoms with Gasteiger partial charge >= 0.3 is 0 Å². The predicted octanol–water partition coefficient (Wildman–Crippen LogP) is 1.84. The number of hydrogen-bond donors (Lipinski definition) is 1. The Hall–Kier alpha value is -1.94. The number of benzene rings is 1. The van der Waals surface area contributed by atoms with Crippen LogP contribution in [0.3, 0.4) is 0 Å². The van der Waals surface area contributed by atoms with Crippen molar-refractivity contribution in [3.63, 3.8) is 0 Å². The molecule has 1 aromatic carbocycles. The normalized spacial score (nSPS) is 16.5. The molecule has 0 atom stereocenters. The lowest BCUT2D eigenvalue weighted by molar-refractivity contribution is 0.295. The van der Waals surface area contributed by atoms with Crippen LogP contribution in [-0.4, -0.2) is 17.8 Å². The fraction of sp³-hybridized carbons (Fsp3) is 0. The second kappa shape index (κ2) is 3.85. The molecular weight excluding hydrogens is 178 g/mol. The van der Waals surface area contributed by atoms with Gasteiger partial charge in [-0.3, -0.25) is 5.21 Å². The lowest BCUT2D eigenvalue weighted by Gasteiger charge is -2.11. The maximum absolute atomic E-state index is 9.60. The predicted molar refractivity (Wildman–Crippen MR) is 55.8 cm³/mol. The molecule has 1 aliphatic heterocycles. The molecule has 1 N–H and O–H groups in total. The summed E-state index contributed by atoms with van der Waals surface area (Å²) >= 11 is 0. The highest BCUT2D eigenvalue weighted by Crippen LogP contribution is 2.12. The van der Waals surface area contributed by atoms with Crippen molar-refractivity contribution in [3.8, 4) is 0 Å². The number of para-hydroxylation sites is 1. The Balaban J connectivity index is 2.17. The van der Waals surface area contributed by atoms with Gasteiger partial charge in [0, 0.05) is 0 Å². The molecule has 1 heterocycles. The standard InChI is InChI=1S/C10H9N3O/c14-13(7-9-6-11-8-12-9)10-4-2-1-3-5-10/h1-8,14H. The van der Waals surface area contributed by atoms with E-state index in [2.05, 4.69) is 9.98 Å². The molecule has 0 fully saturated rings. The molecule has 4 nitrogen and oxygen atoms in total. The number of anilines is 1. The van der Waals surface area contributed by atoms with Crippen molar-refractivity contribution >= 4 is 18.2 Å². The quantitative estimate of drug-likeness (QED) is 0.718. The van der Waals surface area contributed by atoms with E-state index in [9.17, 15) is 5.21 Å². The highest BCUT2D eigenvalue weighted by molar-refractivity contribution is 5.91. The van der Waals surface area contributed by atoms with Gasteiger partial charge in [-0.05, 0) is 12.1 Å². The number of hydrogen-bond acceptors (Lipinski definition) is 4. The molecule has 1 aromatic rings. The van der Waals surface area contributed by atoms with Crippen molar-refractivity contribution < 1.29 is 5.21 Å². The number of rotatable bonds is 2. The van der Waals surface area contributed by atoms with Gasteiger partial charge in [0.15, 0.2) is 0 Å². The number of allylic oxidation sites excluding steroid dienone is 1. The summed E-state index contributed by atoms with van der Waals surface area (Å²) < 4.78 is 0. The maximum atomic E-state index is 9.60. The van der Waals surface area contributed by atoms with E-state index < -0.39 is 0 Å². The van der Waals surface area contributed by atoms with E-state index in [1.54, 1.807) is 18.3 Å². The van der Waals surface area contributed by atoms with Gasteiger partial charge in [-0.25, -0.2) is 15.0 Å². The third kappa shape index (κ3) is 1.86. The summed E-state index contributed by atoms with van der Waals surface area (Å²) in [5.41, 5.74) is 1.31. The molecule has 0 unspecified atom stereocenters. The summed E-state index contributed by atoms with van der Waals surface area (Å²) in [4.78, 5) is 7.70. The summed E-state index contributed by atoms with van der Waals surface area (Å²) in [5.74, 6) is 0. The Morgan fingerprint density at radius 2 is 2.00 bits per heavy atom. The highest BCUT2D eigenvalue weighted by Gasteiger charge is 2.01. The van der Waals surface area contributed by atoms with Crippen LogP contribution >= 0.6 is 0 Å². The summed E-state index contributed by atoms with van der Waals surface area (Å²) in [7, 11) is 0. The van der Waals surface area contributed by atoms with Gasteiger partial charge in [0.25, 0.3) is 0 Å². The van der Waals surface area contributed by atoms with E-state index in [0.717, 1.165) is 5.06 Å². The summed E-state index contributed by atoms with van der Waals surface area (Å²) in [6.45, 7) is 0. The zero-order chi connectivity index (χ0) is 9.80. The molecule has 0 aromatic heterocycles. The van der Waals surface area contributed by atoms with Crippen LogP contribution in [0.2, 0.25) is 0 Å². The third-order valence-electron chi connectivity index (χ3n) is 1.76. The molecule has 0 amide bonds. The molecule has 0 aliphatic carbocycles. The van der Waals surface area contributed by atoms with Gasteiger partial charge in [0.1, 0.15) is 12.0 Å². The van der Waals surface area contributed by atoms with E-state index in [1.165, 1.54) is 12.5 Å². The number of hydroxylamine groups is 1. The monoisotopic (exact) mass is 187 g/mol. The van der Waals surface area contributed by atoms with E-state index in [-0.39, 0.29) is 0 Å². The first kappa shape index (κ1) is 8.65. The Morgan fingerprint density at radius 1 is 1.21 bits per heavy atom. The van der Waals surface area contributed by atoms with Gasteiger partial charge in [-0.15, -0.1) is 0 Å². The smallest absolute Gasteiger partial charge is 0.116 e. The van der Waals surface area contributed by atoms with Crippen LogP contribution in [-0.2, 0) is 0 Å². The van der Waals surface area contributed by atoms with Crippen molar-refractivity contribution in [1.82, 2.24) is 0 Å². The largest absolute Gasteiger partial charge is 0.284 e. The van der Waals surface area contributed by atoms with E-state index in [4.69, 9.17) is 0 Å². The second-order valence-electron chi connectivity index (χ2n) is 2.76. The molecule has 0 saturated heterocycles. The van der Waals surface area contributed by atoms with Crippen LogP contribution in [0.5, 0.6) is 0 Å². The van der Waals surface area contributed by atoms with Crippen LogP contribution in [0.15, 0.2) is 52.2 Å². The highest BCUT2D eigenvalue weighted by atomic mass is 16.5. The van der Waals surface area contributed by atoms with Gasteiger partial charge in [-0.1, -0.05) is 18.2 Å². The second-order valence-corrected chi connectivity index (χ2v) is 2.76. The lowest BCUT2D eigenvalue weighted by Crippen LogP contribution is -2.09. The fourth-order valence-corrected chi connectivity index (χ4v) is 1.09. The van der Waals surface area contributed by atoms with Gasteiger partial charge in [0.05, 0.1) is 18.1 Å². The molecule has 1 aliphatic rings. The first-order chi connectivity index (χ1) is 6.86. The molecule has 0 saturated carbocycles. The van der Waals surface area contributed by atoms with Crippen molar-refractivity contribution in [1.29, 1.82) is 0 Å². The number of aliphatic imine (C=N–C) groups is 2. The zero-order valence-corrected chi connectivity index (χ0v) is 7.41. The number of nitrogens with zero attached hydrogens (tertiary/aromatic N) is 3. The molecule has 2 rings (SSSR count). The first-order valence-electron chi connectivity index (χ1n) is 4.17. The van der Waals surface area contributed by atoms with Crippen molar-refractivity contribution in [3.05, 3.63) is 42.2 Å². The molecule has 4 heteroatoms. The SMILES string of the molecule is ON(C=C1C=NC=N1)c1ccccc1. The average molecular weight is 187 g/mol. The molecule has 0 radical (unpaired) electrons.